The van der Waals surface area contributed by atoms with Crippen molar-refractivity contribution in [2.75, 3.05) is 0 Å². The summed E-state index contributed by atoms with van der Waals surface area (Å²) in [6.45, 7) is 8.82. The first-order valence-corrected chi connectivity index (χ1v) is 17.0. The predicted octanol–water partition coefficient (Wildman–Crippen LogP) is 12.2. The Labute approximate surface area is 277 Å². The molecule has 0 spiro atoms. The molecule has 226 valence electrons. The minimum absolute atomic E-state index is 0.0773. The number of para-hydroxylation sites is 1. The van der Waals surface area contributed by atoms with Gasteiger partial charge in [0.2, 0.25) is 5.95 Å². The first kappa shape index (κ1) is 27.9. The Bertz CT molecular complexity index is 2720. The Kier molecular flexibility index (Phi) is 6.15. The van der Waals surface area contributed by atoms with Gasteiger partial charge >= 0.3 is 0 Å². The Morgan fingerprint density at radius 3 is 2.21 bits per heavy atom. The van der Waals surface area contributed by atoms with Crippen molar-refractivity contribution in [1.82, 2.24) is 14.5 Å². The number of rotatable bonds is 3. The van der Waals surface area contributed by atoms with E-state index in [4.69, 9.17) is 9.97 Å². The Balaban J connectivity index is 1.40. The number of nitrogens with zero attached hydrogens (tertiary/aromatic N) is 3. The number of hydrogen-bond donors (Lipinski definition) is 0. The zero-order chi connectivity index (χ0) is 31.9. The van der Waals surface area contributed by atoms with Crippen molar-refractivity contribution in [2.45, 2.75) is 33.1 Å². The van der Waals surface area contributed by atoms with Gasteiger partial charge in [0.05, 0.1) is 22.2 Å². The molecule has 4 heteroatoms. The smallest absolute Gasteiger partial charge is 0.235 e. The topological polar surface area (TPSA) is 30.7 Å². The van der Waals surface area contributed by atoms with Crippen LogP contribution >= 0.6 is 11.3 Å². The molecule has 9 aromatic rings. The molecule has 0 unspecified atom stereocenters. The van der Waals surface area contributed by atoms with Crippen LogP contribution in [0.25, 0.3) is 86.9 Å². The molecule has 0 radical (unpaired) electrons. The molecule has 0 saturated heterocycles. The third kappa shape index (κ3) is 4.39. The van der Waals surface area contributed by atoms with Crippen LogP contribution in [0.4, 0.5) is 0 Å². The Morgan fingerprint density at radius 2 is 1.40 bits per heavy atom. The fraction of sp³-hybridized carbons (Fsp3) is 0.116. The fourth-order valence-corrected chi connectivity index (χ4v) is 8.20. The summed E-state index contributed by atoms with van der Waals surface area (Å²) in [5, 5.41) is 8.51. The summed E-state index contributed by atoms with van der Waals surface area (Å²) in [6, 6.07) is 42.0. The molecule has 0 amide bonds. The zero-order valence-electron chi connectivity index (χ0n) is 26.9. The van der Waals surface area contributed by atoms with Gasteiger partial charge in [-0.05, 0) is 70.6 Å². The lowest BCUT2D eigenvalue weighted by Gasteiger charge is -2.19. The summed E-state index contributed by atoms with van der Waals surface area (Å²) in [6.07, 6.45) is 4.27. The van der Waals surface area contributed by atoms with E-state index in [-0.39, 0.29) is 5.41 Å². The van der Waals surface area contributed by atoms with Crippen LogP contribution in [0.2, 0.25) is 0 Å². The van der Waals surface area contributed by atoms with Crippen LogP contribution in [0.1, 0.15) is 38.8 Å². The molecule has 3 heterocycles. The van der Waals surface area contributed by atoms with Crippen molar-refractivity contribution in [3.05, 3.63) is 132 Å². The molecule has 3 aromatic heterocycles. The maximum Gasteiger partial charge on any atom is 0.235 e. The lowest BCUT2D eigenvalue weighted by molar-refractivity contribution is 0.590. The highest BCUT2D eigenvalue weighted by Crippen LogP contribution is 2.43. The summed E-state index contributed by atoms with van der Waals surface area (Å²) < 4.78 is 4.87. The average Bonchev–Trinajstić information content (AvgIpc) is 3.61. The summed E-state index contributed by atoms with van der Waals surface area (Å²) in [7, 11) is 0. The van der Waals surface area contributed by atoms with Gasteiger partial charge in [0.1, 0.15) is 0 Å². The van der Waals surface area contributed by atoms with Gasteiger partial charge in [-0.15, -0.1) is 11.3 Å². The van der Waals surface area contributed by atoms with Crippen LogP contribution in [0.15, 0.2) is 121 Å². The molecular weight excluding hydrogens is 591 g/mol. The highest BCUT2D eigenvalue weighted by molar-refractivity contribution is 7.25. The van der Waals surface area contributed by atoms with E-state index in [0.29, 0.717) is 5.95 Å². The molecule has 0 saturated carbocycles. The quantitative estimate of drug-likeness (QED) is 0.196. The normalized spacial score (nSPS) is 12.6. The van der Waals surface area contributed by atoms with Crippen molar-refractivity contribution in [3.8, 4) is 17.2 Å². The van der Waals surface area contributed by atoms with Crippen molar-refractivity contribution in [1.29, 1.82) is 0 Å². The summed E-state index contributed by atoms with van der Waals surface area (Å²) in [5.74, 6) is 0.683. The lowest BCUT2D eigenvalue weighted by atomic mass is 9.86. The molecular formula is C43H33N3S. The molecule has 0 aliphatic rings. The van der Waals surface area contributed by atoms with Gasteiger partial charge in [-0.25, -0.2) is 9.97 Å². The van der Waals surface area contributed by atoms with Crippen molar-refractivity contribution >= 4 is 81.1 Å². The predicted molar refractivity (Wildman–Crippen MR) is 203 cm³/mol. The van der Waals surface area contributed by atoms with Gasteiger partial charge in [-0.3, -0.25) is 4.57 Å². The second kappa shape index (κ2) is 10.3. The minimum Gasteiger partial charge on any atom is -0.278 e. The fourth-order valence-electron chi connectivity index (χ4n) is 7.10. The second-order valence-corrected chi connectivity index (χ2v) is 14.5. The van der Waals surface area contributed by atoms with Crippen LogP contribution in [0.5, 0.6) is 0 Å². The highest BCUT2D eigenvalue weighted by Gasteiger charge is 2.21. The van der Waals surface area contributed by atoms with E-state index in [1.54, 1.807) is 0 Å². The first-order valence-electron chi connectivity index (χ1n) is 16.2. The molecule has 0 bridgehead atoms. The second-order valence-electron chi connectivity index (χ2n) is 13.5. The standard InChI is InChI=1S/C43H33N3S/c1-5-10-26-15-22-38-32(23-26)33-24-37-34(25-39(33)47-38)40-30-12-7-6-11-27(30)18-21-36(40)46(37)42-44-35-14-9-8-13-31(35)41(45-42)28-16-19-29(20-17-28)43(2,3)4/h5-25H,1-4H3/b10-5+. The molecule has 0 aliphatic carbocycles. The van der Waals surface area contributed by atoms with E-state index in [9.17, 15) is 0 Å². The number of hydrogen-bond acceptors (Lipinski definition) is 3. The number of fused-ring (bicyclic) bond motifs is 9. The number of aromatic nitrogens is 3. The SMILES string of the molecule is C/C=C/c1ccc2sc3cc4c5c6ccccc6ccc5n(-c5nc(-c6ccc(C(C)(C)C)cc6)c6ccccc6n5)c4cc3c2c1. The molecule has 9 rings (SSSR count). The van der Waals surface area contributed by atoms with Crippen LogP contribution in [-0.2, 0) is 5.41 Å². The van der Waals surface area contributed by atoms with E-state index in [2.05, 4.69) is 160 Å². The summed E-state index contributed by atoms with van der Waals surface area (Å²) in [4.78, 5) is 10.7. The maximum atomic E-state index is 5.40. The number of thiophene rings is 1. The minimum atomic E-state index is 0.0773. The molecule has 0 aliphatic heterocycles. The van der Waals surface area contributed by atoms with Gasteiger partial charge in [0.25, 0.3) is 0 Å². The van der Waals surface area contributed by atoms with Crippen LogP contribution in [0.3, 0.4) is 0 Å². The third-order valence-electron chi connectivity index (χ3n) is 9.44. The highest BCUT2D eigenvalue weighted by atomic mass is 32.1. The first-order chi connectivity index (χ1) is 22.9. The number of benzene rings is 6. The van der Waals surface area contributed by atoms with Crippen molar-refractivity contribution < 1.29 is 0 Å². The largest absolute Gasteiger partial charge is 0.278 e. The maximum absolute atomic E-state index is 5.40. The monoisotopic (exact) mass is 623 g/mol. The van der Waals surface area contributed by atoms with Gasteiger partial charge < -0.3 is 0 Å². The van der Waals surface area contributed by atoms with Gasteiger partial charge in [0, 0.05) is 41.9 Å². The zero-order valence-corrected chi connectivity index (χ0v) is 27.7. The molecule has 0 N–H and O–H groups in total. The molecule has 0 fully saturated rings. The van der Waals surface area contributed by atoms with E-state index in [1.807, 2.05) is 11.3 Å². The van der Waals surface area contributed by atoms with Crippen LogP contribution < -0.4 is 0 Å². The van der Waals surface area contributed by atoms with Gasteiger partial charge in [-0.1, -0.05) is 112 Å². The van der Waals surface area contributed by atoms with Crippen molar-refractivity contribution in [3.63, 3.8) is 0 Å². The summed E-state index contributed by atoms with van der Waals surface area (Å²) >= 11 is 1.86. The lowest BCUT2D eigenvalue weighted by Crippen LogP contribution is -2.10. The molecule has 47 heavy (non-hydrogen) atoms. The van der Waals surface area contributed by atoms with Crippen LogP contribution in [-0.4, -0.2) is 14.5 Å². The van der Waals surface area contributed by atoms with E-state index in [1.165, 1.54) is 52.8 Å². The van der Waals surface area contributed by atoms with Crippen LogP contribution in [0, 0.1) is 0 Å². The summed E-state index contributed by atoms with van der Waals surface area (Å²) in [5.41, 5.74) is 7.79. The average molecular weight is 624 g/mol. The van der Waals surface area contributed by atoms with E-state index in [0.717, 1.165) is 33.2 Å². The Hall–Kier alpha value is -5.32. The third-order valence-corrected chi connectivity index (χ3v) is 10.6. The van der Waals surface area contributed by atoms with E-state index >= 15 is 0 Å². The number of allylic oxidation sites excluding steroid dienone is 1. The van der Waals surface area contributed by atoms with Gasteiger partial charge in [0.15, 0.2) is 0 Å². The Morgan fingerprint density at radius 1 is 0.638 bits per heavy atom. The molecule has 0 atom stereocenters. The molecule has 6 aromatic carbocycles. The van der Waals surface area contributed by atoms with Gasteiger partial charge in [-0.2, -0.15) is 0 Å². The van der Waals surface area contributed by atoms with Crippen molar-refractivity contribution in [2.24, 2.45) is 0 Å². The molecule has 3 nitrogen and oxygen atoms in total. The van der Waals surface area contributed by atoms with E-state index < -0.39 is 0 Å².